The highest BCUT2D eigenvalue weighted by molar-refractivity contribution is 5.77. The molecule has 0 aliphatic heterocycles. The molecule has 0 heterocycles. The number of nitrogens with one attached hydrogen (secondary N) is 1. The average Bonchev–Trinajstić information content (AvgIpc) is 3.18. The summed E-state index contributed by atoms with van der Waals surface area (Å²) in [6.07, 6.45) is 54.8. The van der Waals surface area contributed by atoms with Crippen LogP contribution in [0.2, 0.25) is 0 Å². The van der Waals surface area contributed by atoms with Gasteiger partial charge in [0.1, 0.15) is 6.10 Å². The van der Waals surface area contributed by atoms with Gasteiger partial charge in [0.25, 0.3) is 0 Å². The fourth-order valence-electron chi connectivity index (χ4n) is 5.96. The van der Waals surface area contributed by atoms with Crippen LogP contribution >= 0.6 is 0 Å². The van der Waals surface area contributed by atoms with E-state index in [2.05, 4.69) is 86.8 Å². The molecule has 1 amide bonds. The highest BCUT2D eigenvalue weighted by Gasteiger charge is 2.23. The van der Waals surface area contributed by atoms with E-state index in [-0.39, 0.29) is 24.9 Å². The first-order valence-corrected chi connectivity index (χ1v) is 22.0. The number of rotatable bonds is 37. The molecule has 0 radical (unpaired) electrons. The molecule has 55 heavy (non-hydrogen) atoms. The van der Waals surface area contributed by atoms with Crippen LogP contribution in [0.3, 0.4) is 0 Å². The molecular weight excluding hydrogens is 683 g/mol. The summed E-state index contributed by atoms with van der Waals surface area (Å²) < 4.78 is 5.84. The number of carbonyl (C=O) groups excluding carboxylic acids is 2. The number of amides is 1. The van der Waals surface area contributed by atoms with E-state index in [4.69, 9.17) is 4.74 Å². The zero-order valence-corrected chi connectivity index (χ0v) is 35.3. The second kappa shape index (κ2) is 41.9. The first-order valence-electron chi connectivity index (χ1n) is 22.0. The minimum atomic E-state index is -0.813. The van der Waals surface area contributed by atoms with Gasteiger partial charge < -0.3 is 20.3 Å². The maximum Gasteiger partial charge on any atom is 0.306 e. The van der Waals surface area contributed by atoms with Crippen LogP contribution in [0, 0.1) is 0 Å². The second-order valence-electron chi connectivity index (χ2n) is 14.4. The number of aliphatic hydroxyl groups excluding tert-OH is 2. The zero-order chi connectivity index (χ0) is 40.3. The van der Waals surface area contributed by atoms with Crippen LogP contribution < -0.4 is 5.32 Å². The van der Waals surface area contributed by atoms with Crippen LogP contribution in [0.1, 0.15) is 175 Å². The summed E-state index contributed by atoms with van der Waals surface area (Å²) in [5.74, 6) is -0.594. The Morgan fingerprint density at radius 1 is 0.564 bits per heavy atom. The molecule has 0 saturated carbocycles. The number of esters is 1. The summed E-state index contributed by atoms with van der Waals surface area (Å²) >= 11 is 0. The Morgan fingerprint density at radius 2 is 1.09 bits per heavy atom. The molecule has 3 atom stereocenters. The molecular formula is C49H81NO5. The molecule has 0 aromatic rings. The van der Waals surface area contributed by atoms with Crippen molar-refractivity contribution < 1.29 is 24.5 Å². The van der Waals surface area contributed by atoms with Crippen LogP contribution in [-0.4, -0.2) is 46.9 Å². The quantitative estimate of drug-likeness (QED) is 0.0253. The Labute approximate surface area is 337 Å². The third-order valence-electron chi connectivity index (χ3n) is 9.25. The highest BCUT2D eigenvalue weighted by Crippen LogP contribution is 2.15. The smallest absolute Gasteiger partial charge is 0.306 e. The van der Waals surface area contributed by atoms with E-state index in [0.717, 1.165) is 89.9 Å². The number of hydrogen-bond acceptors (Lipinski definition) is 5. The molecule has 6 nitrogen and oxygen atoms in total. The Hall–Kier alpha value is -3.22. The molecule has 0 aromatic heterocycles. The molecule has 0 aliphatic carbocycles. The molecule has 3 N–H and O–H groups in total. The van der Waals surface area contributed by atoms with E-state index >= 15 is 0 Å². The number of carbonyl (C=O) groups is 2. The third kappa shape index (κ3) is 37.5. The van der Waals surface area contributed by atoms with Crippen LogP contribution in [-0.2, 0) is 14.3 Å². The molecule has 0 spiro atoms. The summed E-state index contributed by atoms with van der Waals surface area (Å²) in [6, 6.07) is -0.732. The van der Waals surface area contributed by atoms with Gasteiger partial charge >= 0.3 is 5.97 Å². The molecule has 0 rings (SSSR count). The average molecular weight is 764 g/mol. The van der Waals surface area contributed by atoms with Gasteiger partial charge in [-0.1, -0.05) is 182 Å². The lowest BCUT2D eigenvalue weighted by molar-refractivity contribution is -0.151. The van der Waals surface area contributed by atoms with E-state index in [9.17, 15) is 19.8 Å². The van der Waals surface area contributed by atoms with Crippen molar-refractivity contribution in [3.63, 3.8) is 0 Å². The van der Waals surface area contributed by atoms with E-state index in [1.165, 1.54) is 38.5 Å². The van der Waals surface area contributed by atoms with Gasteiger partial charge in [0.15, 0.2) is 0 Å². The molecule has 6 heteroatoms. The summed E-state index contributed by atoms with van der Waals surface area (Å²) in [5.41, 5.74) is 0. The predicted molar refractivity (Wildman–Crippen MR) is 236 cm³/mol. The second-order valence-corrected chi connectivity index (χ2v) is 14.4. The van der Waals surface area contributed by atoms with Gasteiger partial charge in [0.05, 0.1) is 25.2 Å². The molecule has 0 bridgehead atoms. The maximum absolute atomic E-state index is 13.1. The molecule has 0 saturated heterocycles. The Morgan fingerprint density at radius 3 is 1.71 bits per heavy atom. The first-order chi connectivity index (χ1) is 27.0. The minimum absolute atomic E-state index is 0.0124. The minimum Gasteiger partial charge on any atom is -0.462 e. The fraction of sp³-hybridized carbons (Fsp3) is 0.633. The van der Waals surface area contributed by atoms with E-state index in [1.807, 2.05) is 36.5 Å². The number of hydrogen-bond donors (Lipinski definition) is 3. The Kier molecular flexibility index (Phi) is 39.5. The van der Waals surface area contributed by atoms with Gasteiger partial charge in [-0.05, 0) is 77.0 Å². The van der Waals surface area contributed by atoms with Crippen molar-refractivity contribution in [1.82, 2.24) is 5.32 Å². The van der Waals surface area contributed by atoms with Gasteiger partial charge in [-0.3, -0.25) is 9.59 Å². The molecule has 0 aliphatic rings. The van der Waals surface area contributed by atoms with E-state index < -0.39 is 18.2 Å². The van der Waals surface area contributed by atoms with Crippen molar-refractivity contribution in [2.75, 3.05) is 6.61 Å². The molecule has 0 aromatic carbocycles. The Bertz CT molecular complexity index is 1130. The first kappa shape index (κ1) is 51.8. The maximum atomic E-state index is 13.1. The van der Waals surface area contributed by atoms with E-state index in [0.29, 0.717) is 19.3 Å². The van der Waals surface area contributed by atoms with Crippen LogP contribution in [0.4, 0.5) is 0 Å². The number of unbranched alkanes of at least 4 members (excludes halogenated alkanes) is 12. The van der Waals surface area contributed by atoms with E-state index in [1.54, 1.807) is 0 Å². The molecule has 0 fully saturated rings. The van der Waals surface area contributed by atoms with Crippen molar-refractivity contribution in [2.24, 2.45) is 0 Å². The summed E-state index contributed by atoms with van der Waals surface area (Å²) in [5, 5.41) is 23.5. The van der Waals surface area contributed by atoms with Crippen molar-refractivity contribution in [3.05, 3.63) is 97.2 Å². The topological polar surface area (TPSA) is 95.9 Å². The number of aliphatic hydroxyl groups is 2. The van der Waals surface area contributed by atoms with Crippen molar-refractivity contribution in [3.8, 4) is 0 Å². The van der Waals surface area contributed by atoms with Crippen LogP contribution in [0.25, 0.3) is 0 Å². The summed E-state index contributed by atoms with van der Waals surface area (Å²) in [4.78, 5) is 25.9. The highest BCUT2D eigenvalue weighted by atomic mass is 16.5. The number of ether oxygens (including phenoxy) is 1. The standard InChI is InChI=1S/C49H81NO5/c1-4-7-10-13-16-19-21-22-23-24-25-27-30-33-36-39-42-49(54)55-45(40-37-34-31-29-26-20-17-14-11-8-5-2)43-48(53)50-46(44-51)47(52)41-38-35-32-28-18-15-12-9-6-3/h7-8,10-11,14,16-17,19-20,22-23,25-27,29,31,45-47,51-52H,4-6,9,12-13,15,18,21,24,28,30,32-44H2,1-3H3,(H,50,53)/b10-7+,11-8+,17-14+,19-16+,23-22+,26-20-,27-25+,31-29-. The monoisotopic (exact) mass is 764 g/mol. The Balaban J connectivity index is 4.75. The van der Waals surface area contributed by atoms with Crippen molar-refractivity contribution >= 4 is 11.9 Å². The van der Waals surface area contributed by atoms with Gasteiger partial charge in [0, 0.05) is 6.42 Å². The van der Waals surface area contributed by atoms with Gasteiger partial charge in [-0.25, -0.2) is 0 Å². The normalized spacial score (nSPS) is 14.3. The fourth-order valence-corrected chi connectivity index (χ4v) is 5.96. The van der Waals surface area contributed by atoms with Gasteiger partial charge in [0.2, 0.25) is 5.91 Å². The summed E-state index contributed by atoms with van der Waals surface area (Å²) in [6.45, 7) is 6.14. The van der Waals surface area contributed by atoms with Gasteiger partial charge in [-0.2, -0.15) is 0 Å². The third-order valence-corrected chi connectivity index (χ3v) is 9.25. The SMILES string of the molecule is CC/C=C/C=C/C=C\C=C/CCCC(CC(=O)NC(CO)C(O)CCCCCCCCCCC)OC(=O)CCCCC/C=C/C/C=C/C/C=C/C/C=C/CC. The van der Waals surface area contributed by atoms with Crippen molar-refractivity contribution in [1.29, 1.82) is 0 Å². The molecule has 3 unspecified atom stereocenters. The van der Waals surface area contributed by atoms with Crippen molar-refractivity contribution in [2.45, 2.75) is 193 Å². The summed E-state index contributed by atoms with van der Waals surface area (Å²) in [7, 11) is 0. The zero-order valence-electron chi connectivity index (χ0n) is 35.3. The lowest BCUT2D eigenvalue weighted by Gasteiger charge is -2.24. The van der Waals surface area contributed by atoms with Crippen LogP contribution in [0.5, 0.6) is 0 Å². The van der Waals surface area contributed by atoms with Crippen LogP contribution in [0.15, 0.2) is 97.2 Å². The lowest BCUT2D eigenvalue weighted by atomic mass is 10.0. The van der Waals surface area contributed by atoms with Gasteiger partial charge in [-0.15, -0.1) is 0 Å². The number of allylic oxidation sites excluding steroid dienone is 16. The lowest BCUT2D eigenvalue weighted by Crippen LogP contribution is -2.46. The largest absolute Gasteiger partial charge is 0.462 e. The molecule has 312 valence electrons. The predicted octanol–water partition coefficient (Wildman–Crippen LogP) is 12.6.